The lowest BCUT2D eigenvalue weighted by Crippen LogP contribution is -2.01. The molecule has 0 spiro atoms. The first-order valence-electron chi connectivity index (χ1n) is 5.45. The van der Waals surface area contributed by atoms with Gasteiger partial charge in [-0.3, -0.25) is 10.1 Å². The van der Waals surface area contributed by atoms with E-state index in [0.717, 1.165) is 5.69 Å². The van der Waals surface area contributed by atoms with E-state index in [1.165, 1.54) is 18.2 Å². The predicted molar refractivity (Wildman–Crippen MR) is 82.4 cm³/mol. The fraction of sp³-hybridized carbons (Fsp3) is 0.0833. The van der Waals surface area contributed by atoms with Crippen molar-refractivity contribution in [3.05, 3.63) is 60.8 Å². The van der Waals surface area contributed by atoms with E-state index in [1.807, 2.05) is 0 Å². The molecule has 5 nitrogen and oxygen atoms in total. The molecule has 0 amide bonds. The number of nitro benzene ring substituents is 1. The van der Waals surface area contributed by atoms with E-state index < -0.39 is 4.92 Å². The van der Waals surface area contributed by atoms with E-state index in [1.54, 1.807) is 12.3 Å². The number of hydrogen-bond acceptors (Lipinski definition) is 4. The van der Waals surface area contributed by atoms with Gasteiger partial charge in [0.05, 0.1) is 21.3 Å². The Balaban J connectivity index is 2.15. The Morgan fingerprint density at radius 3 is 2.75 bits per heavy atom. The first kappa shape index (κ1) is 15.0. The molecule has 2 rings (SSSR count). The molecule has 0 atom stereocenters. The fourth-order valence-electron chi connectivity index (χ4n) is 1.53. The molecule has 0 aliphatic carbocycles. The van der Waals surface area contributed by atoms with E-state index in [4.69, 9.17) is 23.2 Å². The molecular formula is C12H8BrCl2N3O2. The van der Waals surface area contributed by atoms with Crippen LogP contribution in [0, 0.1) is 10.1 Å². The van der Waals surface area contributed by atoms with Crippen LogP contribution in [0.4, 0.5) is 11.4 Å². The SMILES string of the molecule is O=[N+]([O-])c1ccc(Cl)c(CNc2cnc(Cl)c(Br)c2)c1. The summed E-state index contributed by atoms with van der Waals surface area (Å²) in [6.45, 7) is 0.344. The lowest BCUT2D eigenvalue weighted by molar-refractivity contribution is -0.384. The minimum Gasteiger partial charge on any atom is -0.380 e. The molecule has 0 bridgehead atoms. The van der Waals surface area contributed by atoms with Crippen LogP contribution in [0.15, 0.2) is 34.9 Å². The van der Waals surface area contributed by atoms with Gasteiger partial charge in [0, 0.05) is 23.7 Å². The number of rotatable bonds is 4. The molecule has 8 heteroatoms. The summed E-state index contributed by atoms with van der Waals surface area (Å²) in [7, 11) is 0. The number of anilines is 1. The summed E-state index contributed by atoms with van der Waals surface area (Å²) >= 11 is 15.1. The minimum absolute atomic E-state index is 0.00149. The van der Waals surface area contributed by atoms with Crippen molar-refractivity contribution in [2.24, 2.45) is 0 Å². The third-order valence-corrected chi connectivity index (χ3v) is 4.02. The van der Waals surface area contributed by atoms with Gasteiger partial charge in [0.2, 0.25) is 0 Å². The van der Waals surface area contributed by atoms with Gasteiger partial charge in [-0.05, 0) is 33.6 Å². The summed E-state index contributed by atoms with van der Waals surface area (Å²) in [4.78, 5) is 14.2. The number of aromatic nitrogens is 1. The normalized spacial score (nSPS) is 10.3. The second-order valence-electron chi connectivity index (χ2n) is 3.88. The molecule has 2 aromatic rings. The predicted octanol–water partition coefficient (Wildman–Crippen LogP) is 4.67. The summed E-state index contributed by atoms with van der Waals surface area (Å²) in [5, 5.41) is 14.6. The van der Waals surface area contributed by atoms with E-state index in [0.29, 0.717) is 26.8 Å². The highest BCUT2D eigenvalue weighted by atomic mass is 79.9. The zero-order chi connectivity index (χ0) is 14.7. The lowest BCUT2D eigenvalue weighted by Gasteiger charge is -2.08. The monoisotopic (exact) mass is 375 g/mol. The molecule has 1 N–H and O–H groups in total. The zero-order valence-corrected chi connectivity index (χ0v) is 13.0. The largest absolute Gasteiger partial charge is 0.380 e. The van der Waals surface area contributed by atoms with Crippen molar-refractivity contribution in [2.45, 2.75) is 6.54 Å². The summed E-state index contributed by atoms with van der Waals surface area (Å²) in [6.07, 6.45) is 1.57. The standard InChI is InChI=1S/C12H8BrCl2N3O2/c13-10-4-8(6-17-12(10)15)16-5-7-3-9(18(19)20)1-2-11(7)14/h1-4,6,16H,5H2. The number of benzene rings is 1. The van der Waals surface area contributed by atoms with Gasteiger partial charge < -0.3 is 5.32 Å². The molecule has 0 fully saturated rings. The summed E-state index contributed by atoms with van der Waals surface area (Å²) < 4.78 is 0.661. The second-order valence-corrected chi connectivity index (χ2v) is 5.50. The number of nitro groups is 1. The number of hydrogen-bond donors (Lipinski definition) is 1. The Labute approximate surface area is 133 Å². The topological polar surface area (TPSA) is 68.1 Å². The molecule has 0 saturated heterocycles. The van der Waals surface area contributed by atoms with Crippen molar-refractivity contribution >= 4 is 50.5 Å². The van der Waals surface area contributed by atoms with Crippen LogP contribution >= 0.6 is 39.1 Å². The molecule has 0 aliphatic rings. The average molecular weight is 377 g/mol. The van der Waals surface area contributed by atoms with Crippen LogP contribution in [-0.4, -0.2) is 9.91 Å². The van der Waals surface area contributed by atoms with Crippen LogP contribution in [0.3, 0.4) is 0 Å². The van der Waals surface area contributed by atoms with E-state index in [-0.39, 0.29) is 5.69 Å². The molecule has 0 unspecified atom stereocenters. The number of nitrogens with zero attached hydrogens (tertiary/aromatic N) is 2. The second kappa shape index (κ2) is 6.39. The molecule has 1 heterocycles. The van der Waals surface area contributed by atoms with Crippen molar-refractivity contribution in [3.8, 4) is 0 Å². The molecule has 1 aromatic heterocycles. The summed E-state index contributed by atoms with van der Waals surface area (Å²) in [5.41, 5.74) is 1.36. The van der Waals surface area contributed by atoms with Gasteiger partial charge in [0.15, 0.2) is 0 Å². The van der Waals surface area contributed by atoms with E-state index in [2.05, 4.69) is 26.2 Å². The third-order valence-electron chi connectivity index (χ3n) is 2.52. The molecule has 0 radical (unpaired) electrons. The number of non-ortho nitro benzene ring substituents is 1. The van der Waals surface area contributed by atoms with Gasteiger partial charge in [0.1, 0.15) is 5.15 Å². The van der Waals surface area contributed by atoms with Crippen LogP contribution in [0.25, 0.3) is 0 Å². The zero-order valence-electron chi connectivity index (χ0n) is 9.94. The maximum atomic E-state index is 10.7. The quantitative estimate of drug-likeness (QED) is 0.478. The Morgan fingerprint density at radius 2 is 2.10 bits per heavy atom. The van der Waals surface area contributed by atoms with E-state index in [9.17, 15) is 10.1 Å². The molecule has 104 valence electrons. The van der Waals surface area contributed by atoms with Gasteiger partial charge in [-0.25, -0.2) is 4.98 Å². The Kier molecular flexibility index (Phi) is 4.80. The molecule has 20 heavy (non-hydrogen) atoms. The Bertz CT molecular complexity index is 667. The average Bonchev–Trinajstić information content (AvgIpc) is 2.41. The van der Waals surface area contributed by atoms with Crippen LogP contribution in [0.5, 0.6) is 0 Å². The minimum atomic E-state index is -0.458. The fourth-order valence-corrected chi connectivity index (χ4v) is 2.16. The highest BCUT2D eigenvalue weighted by molar-refractivity contribution is 9.10. The van der Waals surface area contributed by atoms with Gasteiger partial charge in [-0.1, -0.05) is 23.2 Å². The number of halogens is 3. The lowest BCUT2D eigenvalue weighted by atomic mass is 10.2. The maximum absolute atomic E-state index is 10.7. The number of nitrogens with one attached hydrogen (secondary N) is 1. The first-order valence-corrected chi connectivity index (χ1v) is 7.00. The van der Waals surface area contributed by atoms with Crippen molar-refractivity contribution in [2.75, 3.05) is 5.32 Å². The highest BCUT2D eigenvalue weighted by Gasteiger charge is 2.10. The van der Waals surface area contributed by atoms with Gasteiger partial charge >= 0.3 is 0 Å². The molecule has 0 saturated carbocycles. The first-order chi connectivity index (χ1) is 9.47. The maximum Gasteiger partial charge on any atom is 0.269 e. The van der Waals surface area contributed by atoms with Crippen molar-refractivity contribution < 1.29 is 4.92 Å². The van der Waals surface area contributed by atoms with Gasteiger partial charge in [-0.2, -0.15) is 0 Å². The van der Waals surface area contributed by atoms with Crippen LogP contribution < -0.4 is 5.32 Å². The van der Waals surface area contributed by atoms with Crippen LogP contribution in [0.1, 0.15) is 5.56 Å². The number of pyridine rings is 1. The van der Waals surface area contributed by atoms with Gasteiger partial charge in [-0.15, -0.1) is 0 Å². The Morgan fingerprint density at radius 1 is 1.35 bits per heavy atom. The van der Waals surface area contributed by atoms with Crippen LogP contribution in [-0.2, 0) is 6.54 Å². The van der Waals surface area contributed by atoms with Crippen molar-refractivity contribution in [1.29, 1.82) is 0 Å². The van der Waals surface area contributed by atoms with Crippen molar-refractivity contribution in [3.63, 3.8) is 0 Å². The van der Waals surface area contributed by atoms with Crippen molar-refractivity contribution in [1.82, 2.24) is 4.98 Å². The third kappa shape index (κ3) is 3.59. The van der Waals surface area contributed by atoms with Gasteiger partial charge in [0.25, 0.3) is 5.69 Å². The molecule has 1 aromatic carbocycles. The van der Waals surface area contributed by atoms with E-state index >= 15 is 0 Å². The summed E-state index contributed by atoms with van der Waals surface area (Å²) in [6, 6.07) is 6.08. The Hall–Kier alpha value is -1.37. The summed E-state index contributed by atoms with van der Waals surface area (Å²) in [5.74, 6) is 0. The molecular weight excluding hydrogens is 369 g/mol. The highest BCUT2D eigenvalue weighted by Crippen LogP contribution is 2.25. The molecule has 0 aliphatic heterocycles. The van der Waals surface area contributed by atoms with Crippen LogP contribution in [0.2, 0.25) is 10.2 Å². The smallest absolute Gasteiger partial charge is 0.269 e.